The van der Waals surface area contributed by atoms with E-state index in [0.717, 1.165) is 30.8 Å². The zero-order valence-corrected chi connectivity index (χ0v) is 13.3. The topological polar surface area (TPSA) is 15.3 Å². The van der Waals surface area contributed by atoms with E-state index in [4.69, 9.17) is 0 Å². The average Bonchev–Trinajstić information content (AvgIpc) is 2.50. The van der Waals surface area contributed by atoms with E-state index in [1.807, 2.05) is 13.0 Å². The second-order valence-electron chi connectivity index (χ2n) is 6.92. The van der Waals surface area contributed by atoms with Gasteiger partial charge in [-0.25, -0.2) is 4.39 Å². The fourth-order valence-corrected chi connectivity index (χ4v) is 3.96. The Bertz CT molecular complexity index is 488. The van der Waals surface area contributed by atoms with E-state index < -0.39 is 0 Å². The molecule has 0 radical (unpaired) electrons. The van der Waals surface area contributed by atoms with Gasteiger partial charge in [0, 0.05) is 31.2 Å². The van der Waals surface area contributed by atoms with Gasteiger partial charge in [0.15, 0.2) is 0 Å². The molecule has 1 aliphatic heterocycles. The highest BCUT2D eigenvalue weighted by Crippen LogP contribution is 2.33. The summed E-state index contributed by atoms with van der Waals surface area (Å²) in [5.41, 5.74) is 2.15. The van der Waals surface area contributed by atoms with Crippen molar-refractivity contribution in [2.75, 3.05) is 19.6 Å². The first-order valence-electron chi connectivity index (χ1n) is 8.35. The number of aryl methyl sites for hydroxylation is 1. The smallest absolute Gasteiger partial charge is 0.126 e. The highest BCUT2D eigenvalue weighted by atomic mass is 19.1. The highest BCUT2D eigenvalue weighted by Gasteiger charge is 2.37. The van der Waals surface area contributed by atoms with Gasteiger partial charge in [-0.1, -0.05) is 31.4 Å². The summed E-state index contributed by atoms with van der Waals surface area (Å²) in [5.74, 6) is -0.0816. The summed E-state index contributed by atoms with van der Waals surface area (Å²) < 4.78 is 13.8. The van der Waals surface area contributed by atoms with Crippen LogP contribution in [0.4, 0.5) is 4.39 Å². The molecule has 1 heterocycles. The van der Waals surface area contributed by atoms with Gasteiger partial charge in [-0.3, -0.25) is 4.90 Å². The lowest BCUT2D eigenvalue weighted by Crippen LogP contribution is -2.61. The molecule has 2 aliphatic rings. The van der Waals surface area contributed by atoms with E-state index in [-0.39, 0.29) is 5.82 Å². The summed E-state index contributed by atoms with van der Waals surface area (Å²) >= 11 is 0. The Hall–Kier alpha value is -0.930. The molecule has 0 amide bonds. The minimum atomic E-state index is -0.0816. The van der Waals surface area contributed by atoms with E-state index in [9.17, 15) is 4.39 Å². The predicted octanol–water partition coefficient (Wildman–Crippen LogP) is 3.80. The molecule has 1 saturated heterocycles. The minimum absolute atomic E-state index is 0.0816. The normalized spacial score (nSPS) is 24.1. The van der Waals surface area contributed by atoms with Crippen molar-refractivity contribution in [2.24, 2.45) is 0 Å². The van der Waals surface area contributed by atoms with Crippen LogP contribution in [0.5, 0.6) is 0 Å². The third kappa shape index (κ3) is 3.14. The van der Waals surface area contributed by atoms with Gasteiger partial charge in [-0.15, -0.1) is 0 Å². The maximum atomic E-state index is 13.8. The molecule has 0 bridgehead atoms. The predicted molar refractivity (Wildman–Crippen MR) is 84.9 cm³/mol. The Kier molecular flexibility index (Phi) is 4.32. The number of nitrogens with one attached hydrogen (secondary N) is 1. The number of benzene rings is 1. The molecule has 3 rings (SSSR count). The van der Waals surface area contributed by atoms with E-state index >= 15 is 0 Å². The van der Waals surface area contributed by atoms with Crippen molar-refractivity contribution in [3.8, 4) is 0 Å². The van der Waals surface area contributed by atoms with Crippen LogP contribution in [-0.4, -0.2) is 30.1 Å². The summed E-state index contributed by atoms with van der Waals surface area (Å²) in [6.07, 6.45) is 6.64. The van der Waals surface area contributed by atoms with Gasteiger partial charge in [0.2, 0.25) is 0 Å². The molecule has 1 spiro atoms. The zero-order valence-electron chi connectivity index (χ0n) is 13.3. The highest BCUT2D eigenvalue weighted by molar-refractivity contribution is 5.25. The SMILES string of the molecule is Cc1ccc(C(C)N2CCNC3(CCCCC3)C2)cc1F. The fourth-order valence-electron chi connectivity index (χ4n) is 3.96. The van der Waals surface area contributed by atoms with Crippen molar-refractivity contribution < 1.29 is 4.39 Å². The van der Waals surface area contributed by atoms with Crippen LogP contribution in [0.15, 0.2) is 18.2 Å². The molecule has 1 aromatic rings. The van der Waals surface area contributed by atoms with Crippen molar-refractivity contribution in [3.05, 3.63) is 35.1 Å². The fraction of sp³-hybridized carbons (Fsp3) is 0.667. The van der Waals surface area contributed by atoms with Gasteiger partial charge >= 0.3 is 0 Å². The first kappa shape index (κ1) is 15.0. The Morgan fingerprint density at radius 1 is 1.24 bits per heavy atom. The molecule has 21 heavy (non-hydrogen) atoms. The molecule has 1 aliphatic carbocycles. The summed E-state index contributed by atoms with van der Waals surface area (Å²) in [6, 6.07) is 5.99. The minimum Gasteiger partial charge on any atom is -0.309 e. The van der Waals surface area contributed by atoms with E-state index in [0.29, 0.717) is 11.6 Å². The van der Waals surface area contributed by atoms with Gasteiger partial charge in [-0.2, -0.15) is 0 Å². The number of hydrogen-bond acceptors (Lipinski definition) is 2. The molecule has 1 saturated carbocycles. The Morgan fingerprint density at radius 2 is 2.00 bits per heavy atom. The third-order valence-electron chi connectivity index (χ3n) is 5.44. The van der Waals surface area contributed by atoms with E-state index in [1.54, 1.807) is 6.07 Å². The van der Waals surface area contributed by atoms with Gasteiger partial charge in [-0.05, 0) is 43.9 Å². The lowest BCUT2D eigenvalue weighted by Gasteiger charge is -2.48. The summed E-state index contributed by atoms with van der Waals surface area (Å²) in [6.45, 7) is 7.25. The molecule has 2 fully saturated rings. The molecule has 0 aromatic heterocycles. The van der Waals surface area contributed by atoms with Gasteiger partial charge in [0.05, 0.1) is 0 Å². The Labute approximate surface area is 127 Å². The van der Waals surface area contributed by atoms with Crippen molar-refractivity contribution in [3.63, 3.8) is 0 Å². The number of rotatable bonds is 2. The van der Waals surface area contributed by atoms with Crippen LogP contribution in [0.3, 0.4) is 0 Å². The largest absolute Gasteiger partial charge is 0.309 e. The molecule has 116 valence electrons. The van der Waals surface area contributed by atoms with Crippen LogP contribution >= 0.6 is 0 Å². The third-order valence-corrected chi connectivity index (χ3v) is 5.44. The van der Waals surface area contributed by atoms with Gasteiger partial charge < -0.3 is 5.32 Å². The molecular weight excluding hydrogens is 263 g/mol. The van der Waals surface area contributed by atoms with Crippen LogP contribution in [0.25, 0.3) is 0 Å². The molecule has 1 aromatic carbocycles. The molecule has 2 nitrogen and oxygen atoms in total. The first-order valence-corrected chi connectivity index (χ1v) is 8.35. The number of hydrogen-bond donors (Lipinski definition) is 1. The van der Waals surface area contributed by atoms with Crippen LogP contribution in [0.1, 0.15) is 56.2 Å². The zero-order chi connectivity index (χ0) is 14.9. The van der Waals surface area contributed by atoms with Gasteiger partial charge in [0.25, 0.3) is 0 Å². The molecule has 3 heteroatoms. The number of piperazine rings is 1. The summed E-state index contributed by atoms with van der Waals surface area (Å²) in [7, 11) is 0. The maximum Gasteiger partial charge on any atom is 0.126 e. The molecule has 1 unspecified atom stereocenters. The quantitative estimate of drug-likeness (QED) is 0.891. The van der Waals surface area contributed by atoms with E-state index in [2.05, 4.69) is 23.2 Å². The van der Waals surface area contributed by atoms with Gasteiger partial charge in [0.1, 0.15) is 5.82 Å². The standard InChI is InChI=1S/C18H27FN2/c1-14-6-7-16(12-17(14)19)15(2)21-11-10-20-18(13-21)8-4-3-5-9-18/h6-7,12,15,20H,3-5,8-11,13H2,1-2H3. The Morgan fingerprint density at radius 3 is 2.71 bits per heavy atom. The lowest BCUT2D eigenvalue weighted by atomic mass is 9.79. The molecule has 1 atom stereocenters. The van der Waals surface area contributed by atoms with E-state index in [1.165, 1.54) is 32.1 Å². The Balaban J connectivity index is 1.74. The van der Waals surface area contributed by atoms with Crippen LogP contribution in [0.2, 0.25) is 0 Å². The van der Waals surface area contributed by atoms with Crippen molar-refractivity contribution >= 4 is 0 Å². The molecule has 1 N–H and O–H groups in total. The van der Waals surface area contributed by atoms with Crippen molar-refractivity contribution in [1.82, 2.24) is 10.2 Å². The van der Waals surface area contributed by atoms with Crippen LogP contribution in [-0.2, 0) is 0 Å². The summed E-state index contributed by atoms with van der Waals surface area (Å²) in [5, 5.41) is 3.78. The summed E-state index contributed by atoms with van der Waals surface area (Å²) in [4.78, 5) is 2.53. The molecular formula is C18H27FN2. The lowest BCUT2D eigenvalue weighted by molar-refractivity contribution is 0.0729. The monoisotopic (exact) mass is 290 g/mol. The van der Waals surface area contributed by atoms with Crippen LogP contribution < -0.4 is 5.32 Å². The van der Waals surface area contributed by atoms with Crippen LogP contribution in [0, 0.1) is 12.7 Å². The maximum absolute atomic E-state index is 13.8. The van der Waals surface area contributed by atoms with Crippen molar-refractivity contribution in [2.45, 2.75) is 57.5 Å². The second kappa shape index (κ2) is 6.05. The first-order chi connectivity index (χ1) is 10.1. The second-order valence-corrected chi connectivity index (χ2v) is 6.92. The number of halogens is 1. The van der Waals surface area contributed by atoms with Crippen molar-refractivity contribution in [1.29, 1.82) is 0 Å². The average molecular weight is 290 g/mol. The number of nitrogens with zero attached hydrogens (tertiary/aromatic N) is 1.